The van der Waals surface area contributed by atoms with E-state index < -0.39 is 5.60 Å². The minimum Gasteiger partial charge on any atom is -0.444 e. The maximum absolute atomic E-state index is 12.1. The van der Waals surface area contributed by atoms with Crippen LogP contribution in [0.2, 0.25) is 0 Å². The largest absolute Gasteiger partial charge is 0.444 e. The molecule has 1 heterocycles. The van der Waals surface area contributed by atoms with Crippen LogP contribution in [0, 0.1) is 0 Å². The molecule has 6 nitrogen and oxygen atoms in total. The van der Waals surface area contributed by atoms with Crippen LogP contribution in [-0.4, -0.2) is 55.0 Å². The van der Waals surface area contributed by atoms with Gasteiger partial charge in [-0.25, -0.2) is 4.79 Å². The third-order valence-electron chi connectivity index (χ3n) is 3.96. The summed E-state index contributed by atoms with van der Waals surface area (Å²) in [5.41, 5.74) is 2.46. The van der Waals surface area contributed by atoms with Crippen molar-refractivity contribution in [2.24, 2.45) is 0 Å². The molecule has 148 valence electrons. The molecule has 0 aromatic heterocycles. The average Bonchev–Trinajstić information content (AvgIpc) is 2.63. The number of piperazine rings is 1. The van der Waals surface area contributed by atoms with Gasteiger partial charge in [-0.05, 0) is 44.0 Å². The Morgan fingerprint density at radius 2 is 1.73 bits per heavy atom. The molecule has 1 aromatic carbocycles. The molecule has 0 saturated carbocycles. The van der Waals surface area contributed by atoms with Crippen LogP contribution >= 0.6 is 0 Å². The fourth-order valence-corrected chi connectivity index (χ4v) is 2.73. The SMILES string of the molecule is CC.COCc1ccc(N2CCN(C(=O)OC(C)(C)C)CC2)cc1CO. The van der Waals surface area contributed by atoms with Crippen molar-refractivity contribution in [3.05, 3.63) is 29.3 Å². The fourth-order valence-electron chi connectivity index (χ4n) is 2.73. The van der Waals surface area contributed by atoms with Crippen LogP contribution < -0.4 is 4.90 Å². The van der Waals surface area contributed by atoms with Gasteiger partial charge in [0.2, 0.25) is 0 Å². The van der Waals surface area contributed by atoms with Gasteiger partial charge in [-0.3, -0.25) is 0 Å². The minimum atomic E-state index is -0.471. The van der Waals surface area contributed by atoms with Gasteiger partial charge < -0.3 is 24.4 Å². The first-order valence-electron chi connectivity index (χ1n) is 9.28. The average molecular weight is 367 g/mol. The van der Waals surface area contributed by atoms with E-state index in [2.05, 4.69) is 4.90 Å². The van der Waals surface area contributed by atoms with Crippen LogP contribution in [0.1, 0.15) is 45.7 Å². The van der Waals surface area contributed by atoms with Gasteiger partial charge in [0.1, 0.15) is 5.60 Å². The Hall–Kier alpha value is -1.79. The van der Waals surface area contributed by atoms with E-state index >= 15 is 0 Å². The van der Waals surface area contributed by atoms with Crippen molar-refractivity contribution in [3.8, 4) is 0 Å². The first kappa shape index (κ1) is 22.3. The van der Waals surface area contributed by atoms with Crippen molar-refractivity contribution in [1.29, 1.82) is 0 Å². The number of rotatable bonds is 4. The highest BCUT2D eigenvalue weighted by Crippen LogP contribution is 2.22. The predicted molar refractivity (Wildman–Crippen MR) is 104 cm³/mol. The minimum absolute atomic E-state index is 0.00952. The topological polar surface area (TPSA) is 62.2 Å². The first-order chi connectivity index (χ1) is 12.3. The second-order valence-electron chi connectivity index (χ2n) is 7.00. The van der Waals surface area contributed by atoms with E-state index in [-0.39, 0.29) is 12.7 Å². The standard InChI is InChI=1S/C18H28N2O4.C2H6/c1-18(2,3)24-17(22)20-9-7-19(8-10-20)16-6-5-14(13-23-4)15(11-16)12-21;1-2/h5-6,11,21H,7-10,12-13H2,1-4H3;1-2H3. The molecule has 0 radical (unpaired) electrons. The molecule has 0 aliphatic carbocycles. The second-order valence-corrected chi connectivity index (χ2v) is 7.00. The zero-order valence-corrected chi connectivity index (χ0v) is 17.0. The number of carbonyl (C=O) groups is 1. The number of anilines is 1. The van der Waals surface area contributed by atoms with Crippen LogP contribution in [-0.2, 0) is 22.7 Å². The van der Waals surface area contributed by atoms with Gasteiger partial charge in [-0.2, -0.15) is 0 Å². The maximum atomic E-state index is 12.1. The van der Waals surface area contributed by atoms with Crippen LogP contribution in [0.5, 0.6) is 0 Å². The number of aliphatic hydroxyl groups is 1. The molecule has 1 aliphatic rings. The van der Waals surface area contributed by atoms with Gasteiger partial charge in [0.15, 0.2) is 0 Å². The number of amides is 1. The van der Waals surface area contributed by atoms with E-state index in [1.54, 1.807) is 12.0 Å². The van der Waals surface area contributed by atoms with Crippen molar-refractivity contribution in [2.45, 2.75) is 53.4 Å². The smallest absolute Gasteiger partial charge is 0.410 e. The van der Waals surface area contributed by atoms with E-state index in [1.165, 1.54) is 0 Å². The number of hydrogen-bond acceptors (Lipinski definition) is 5. The lowest BCUT2D eigenvalue weighted by Crippen LogP contribution is -2.50. The van der Waals surface area contributed by atoms with Gasteiger partial charge in [-0.15, -0.1) is 0 Å². The Morgan fingerprint density at radius 3 is 2.23 bits per heavy atom. The highest BCUT2D eigenvalue weighted by atomic mass is 16.6. The molecule has 1 aliphatic heterocycles. The molecule has 0 unspecified atom stereocenters. The number of hydrogen-bond donors (Lipinski definition) is 1. The number of methoxy groups -OCH3 is 1. The first-order valence-corrected chi connectivity index (χ1v) is 9.28. The van der Waals surface area contributed by atoms with Crippen molar-refractivity contribution in [1.82, 2.24) is 4.90 Å². The molecular formula is C20H34N2O4. The molecule has 1 amide bonds. The van der Waals surface area contributed by atoms with E-state index in [4.69, 9.17) is 9.47 Å². The lowest BCUT2D eigenvalue weighted by molar-refractivity contribution is 0.0240. The Balaban J connectivity index is 0.00000163. The van der Waals surface area contributed by atoms with Crippen molar-refractivity contribution in [2.75, 3.05) is 38.2 Å². The summed E-state index contributed by atoms with van der Waals surface area (Å²) in [5, 5.41) is 9.55. The zero-order chi connectivity index (χ0) is 19.7. The van der Waals surface area contributed by atoms with E-state index in [1.807, 2.05) is 52.8 Å². The van der Waals surface area contributed by atoms with E-state index in [9.17, 15) is 9.90 Å². The maximum Gasteiger partial charge on any atom is 0.410 e. The Morgan fingerprint density at radius 1 is 1.12 bits per heavy atom. The van der Waals surface area contributed by atoms with E-state index in [0.29, 0.717) is 19.7 Å². The third-order valence-corrected chi connectivity index (χ3v) is 3.96. The van der Waals surface area contributed by atoms with Gasteiger partial charge in [0.05, 0.1) is 13.2 Å². The Kier molecular flexibility index (Phi) is 8.88. The van der Waals surface area contributed by atoms with Gasteiger partial charge >= 0.3 is 6.09 Å². The molecule has 0 atom stereocenters. The van der Waals surface area contributed by atoms with Crippen molar-refractivity contribution < 1.29 is 19.4 Å². The number of carbonyl (C=O) groups excluding carboxylic acids is 1. The second kappa shape index (κ2) is 10.4. The van der Waals surface area contributed by atoms with Crippen LogP contribution in [0.25, 0.3) is 0 Å². The number of nitrogens with zero attached hydrogens (tertiary/aromatic N) is 2. The van der Waals surface area contributed by atoms with Crippen molar-refractivity contribution in [3.63, 3.8) is 0 Å². The highest BCUT2D eigenvalue weighted by Gasteiger charge is 2.26. The summed E-state index contributed by atoms with van der Waals surface area (Å²) in [6.45, 7) is 12.8. The molecular weight excluding hydrogens is 332 g/mol. The normalized spacial score (nSPS) is 14.6. The summed E-state index contributed by atoms with van der Waals surface area (Å²) in [6.07, 6.45) is -0.256. The quantitative estimate of drug-likeness (QED) is 0.885. The van der Waals surface area contributed by atoms with Gasteiger partial charge in [-0.1, -0.05) is 19.9 Å². The summed E-state index contributed by atoms with van der Waals surface area (Å²) in [5.74, 6) is 0. The fraction of sp³-hybridized carbons (Fsp3) is 0.650. The monoisotopic (exact) mass is 366 g/mol. The van der Waals surface area contributed by atoms with Gasteiger partial charge in [0.25, 0.3) is 0 Å². The summed E-state index contributed by atoms with van der Waals surface area (Å²) in [4.78, 5) is 16.1. The molecule has 0 bridgehead atoms. The molecule has 1 fully saturated rings. The Bertz CT molecular complexity index is 561. The van der Waals surface area contributed by atoms with E-state index in [0.717, 1.165) is 29.9 Å². The summed E-state index contributed by atoms with van der Waals surface area (Å²) in [7, 11) is 1.64. The highest BCUT2D eigenvalue weighted by molar-refractivity contribution is 5.68. The molecule has 6 heteroatoms. The summed E-state index contributed by atoms with van der Waals surface area (Å²) < 4.78 is 10.6. The number of aliphatic hydroxyl groups excluding tert-OH is 1. The lowest BCUT2D eigenvalue weighted by Gasteiger charge is -2.37. The van der Waals surface area contributed by atoms with Crippen molar-refractivity contribution >= 4 is 11.8 Å². The zero-order valence-electron chi connectivity index (χ0n) is 17.0. The Labute approximate surface area is 157 Å². The molecule has 2 rings (SSSR count). The number of benzene rings is 1. The predicted octanol–water partition coefficient (Wildman–Crippen LogP) is 3.41. The molecule has 1 aromatic rings. The molecule has 1 saturated heterocycles. The number of ether oxygens (including phenoxy) is 2. The molecule has 26 heavy (non-hydrogen) atoms. The summed E-state index contributed by atoms with van der Waals surface area (Å²) >= 11 is 0. The molecule has 1 N–H and O–H groups in total. The van der Waals surface area contributed by atoms with Crippen LogP contribution in [0.3, 0.4) is 0 Å². The third kappa shape index (κ3) is 6.50. The summed E-state index contributed by atoms with van der Waals surface area (Å²) in [6, 6.07) is 6.03. The van der Waals surface area contributed by atoms with Gasteiger partial charge in [0, 0.05) is 39.0 Å². The van der Waals surface area contributed by atoms with Crippen LogP contribution in [0.15, 0.2) is 18.2 Å². The molecule has 0 spiro atoms. The van der Waals surface area contributed by atoms with Crippen LogP contribution in [0.4, 0.5) is 10.5 Å². The lowest BCUT2D eigenvalue weighted by atomic mass is 10.1.